The zero-order valence-electron chi connectivity index (χ0n) is 16.5. The fourth-order valence-corrected chi connectivity index (χ4v) is 3.34. The van der Waals surface area contributed by atoms with Crippen LogP contribution in [-0.4, -0.2) is 19.1 Å². The van der Waals surface area contributed by atoms with Crippen LogP contribution in [0.5, 0.6) is 11.5 Å². The molecule has 0 aliphatic carbocycles. The van der Waals surface area contributed by atoms with Crippen LogP contribution in [0.2, 0.25) is 0 Å². The Kier molecular flexibility index (Phi) is 6.08. The van der Waals surface area contributed by atoms with Crippen LogP contribution in [0.15, 0.2) is 79.0 Å². The number of benzene rings is 2. The quantitative estimate of drug-likeness (QED) is 0.386. The zero-order chi connectivity index (χ0) is 21.8. The van der Waals surface area contributed by atoms with E-state index in [1.165, 1.54) is 0 Å². The third-order valence-corrected chi connectivity index (χ3v) is 4.79. The summed E-state index contributed by atoms with van der Waals surface area (Å²) >= 11 is 3.24. The van der Waals surface area contributed by atoms with Crippen molar-refractivity contribution in [2.45, 2.75) is 6.92 Å². The minimum Gasteiger partial charge on any atom is -0.492 e. The number of rotatable bonds is 7. The van der Waals surface area contributed by atoms with Gasteiger partial charge in [-0.25, -0.2) is 0 Å². The van der Waals surface area contributed by atoms with E-state index in [4.69, 9.17) is 18.3 Å². The molecule has 2 aromatic carbocycles. The Labute approximate surface area is 185 Å². The molecule has 31 heavy (non-hydrogen) atoms. The lowest BCUT2D eigenvalue weighted by Gasteiger charge is -2.12. The molecule has 0 bridgehead atoms. The second-order valence-electron chi connectivity index (χ2n) is 6.46. The van der Waals surface area contributed by atoms with Gasteiger partial charge in [-0.05, 0) is 59.3 Å². The number of amides is 1. The van der Waals surface area contributed by atoms with E-state index in [1.807, 2.05) is 13.0 Å². The molecule has 0 aliphatic rings. The Balaban J connectivity index is 1.63. The molecule has 0 saturated carbocycles. The van der Waals surface area contributed by atoms with Crippen LogP contribution in [0.1, 0.15) is 6.92 Å². The first-order valence-corrected chi connectivity index (χ1v) is 10.3. The minimum absolute atomic E-state index is 0.103. The summed E-state index contributed by atoms with van der Waals surface area (Å²) in [4.78, 5) is 25.6. The number of halogens is 1. The molecule has 4 aromatic rings. The fraction of sp³-hybridized carbons (Fsp3) is 0.130. The predicted octanol–water partition coefficient (Wildman–Crippen LogP) is 5.23. The second kappa shape index (κ2) is 9.09. The monoisotopic (exact) mass is 483 g/mol. The molecule has 0 aliphatic heterocycles. The van der Waals surface area contributed by atoms with Gasteiger partial charge in [0.1, 0.15) is 11.3 Å². The molecule has 1 N–H and O–H groups in total. The molecule has 2 aromatic heterocycles. The van der Waals surface area contributed by atoms with Gasteiger partial charge in [-0.2, -0.15) is 0 Å². The van der Waals surface area contributed by atoms with Crippen molar-refractivity contribution >= 4 is 38.5 Å². The number of hydrogen-bond donors (Lipinski definition) is 1. The van der Waals surface area contributed by atoms with E-state index >= 15 is 0 Å². The molecule has 0 atom stereocenters. The number of fused-ring (bicyclic) bond motifs is 1. The van der Waals surface area contributed by atoms with Gasteiger partial charge in [0.05, 0.1) is 17.7 Å². The molecule has 2 heterocycles. The average Bonchev–Trinajstić information content (AvgIpc) is 3.20. The lowest BCUT2D eigenvalue weighted by molar-refractivity contribution is -0.118. The molecule has 0 fully saturated rings. The predicted molar refractivity (Wildman–Crippen MR) is 120 cm³/mol. The van der Waals surface area contributed by atoms with E-state index in [-0.39, 0.29) is 11.5 Å². The van der Waals surface area contributed by atoms with Crippen molar-refractivity contribution in [2.24, 2.45) is 0 Å². The summed E-state index contributed by atoms with van der Waals surface area (Å²) in [6, 6.07) is 17.2. The first-order valence-electron chi connectivity index (χ1n) is 9.53. The van der Waals surface area contributed by atoms with Gasteiger partial charge >= 0.3 is 0 Å². The summed E-state index contributed by atoms with van der Waals surface area (Å²) in [6.45, 7) is 1.91. The van der Waals surface area contributed by atoms with Crippen molar-refractivity contribution < 1.29 is 23.1 Å². The van der Waals surface area contributed by atoms with Crippen LogP contribution in [0, 0.1) is 0 Å². The fourth-order valence-electron chi connectivity index (χ4n) is 3.03. The number of nitrogens with one attached hydrogen (secondary N) is 1. The number of para-hydroxylation sites is 3. The second-order valence-corrected chi connectivity index (χ2v) is 7.24. The molecule has 1 amide bonds. The Hall–Kier alpha value is -3.52. The zero-order valence-corrected chi connectivity index (χ0v) is 18.1. The Morgan fingerprint density at radius 3 is 2.55 bits per heavy atom. The van der Waals surface area contributed by atoms with Gasteiger partial charge in [-0.3, -0.25) is 9.59 Å². The number of furan rings is 1. The standard InChI is InChI=1S/C23H18BrNO6/c1-2-28-17-10-6-4-8-15(17)25-20(26)13-29-23-21(27)14-7-3-5-9-16(14)31-22(23)18-11-12-19(24)30-18/h3-12H,2,13H2,1H3,(H,25,26). The maximum absolute atomic E-state index is 13.0. The van der Waals surface area contributed by atoms with Gasteiger partial charge in [0, 0.05) is 0 Å². The third-order valence-electron chi connectivity index (χ3n) is 4.36. The Morgan fingerprint density at radius 2 is 1.77 bits per heavy atom. The average molecular weight is 484 g/mol. The summed E-state index contributed by atoms with van der Waals surface area (Å²) in [5.74, 6) is 0.397. The number of carbonyl (C=O) groups is 1. The number of carbonyl (C=O) groups excluding carboxylic acids is 1. The maximum Gasteiger partial charge on any atom is 0.262 e. The molecule has 0 radical (unpaired) electrons. The van der Waals surface area contributed by atoms with Gasteiger partial charge in [-0.1, -0.05) is 24.3 Å². The van der Waals surface area contributed by atoms with E-state index < -0.39 is 17.9 Å². The first kappa shape index (κ1) is 20.7. The molecule has 158 valence electrons. The summed E-state index contributed by atoms with van der Waals surface area (Å²) < 4.78 is 23.0. The highest BCUT2D eigenvalue weighted by atomic mass is 79.9. The highest BCUT2D eigenvalue weighted by molar-refractivity contribution is 9.10. The van der Waals surface area contributed by atoms with Crippen LogP contribution in [0.25, 0.3) is 22.5 Å². The van der Waals surface area contributed by atoms with Gasteiger partial charge in [0.15, 0.2) is 17.0 Å². The van der Waals surface area contributed by atoms with Gasteiger partial charge in [0.25, 0.3) is 5.91 Å². The van der Waals surface area contributed by atoms with Crippen molar-refractivity contribution in [3.8, 4) is 23.0 Å². The van der Waals surface area contributed by atoms with E-state index in [0.717, 1.165) is 0 Å². The Morgan fingerprint density at radius 1 is 1.00 bits per heavy atom. The molecule has 0 unspecified atom stereocenters. The number of hydrogen-bond acceptors (Lipinski definition) is 6. The summed E-state index contributed by atoms with van der Waals surface area (Å²) in [5.41, 5.74) is 0.503. The van der Waals surface area contributed by atoms with E-state index in [2.05, 4.69) is 21.2 Å². The van der Waals surface area contributed by atoms with Crippen molar-refractivity contribution in [3.05, 3.63) is 75.6 Å². The summed E-state index contributed by atoms with van der Waals surface area (Å²) in [6.07, 6.45) is 0. The molecular formula is C23H18BrNO6. The largest absolute Gasteiger partial charge is 0.492 e. The van der Waals surface area contributed by atoms with Gasteiger partial charge in [-0.15, -0.1) is 0 Å². The smallest absolute Gasteiger partial charge is 0.262 e. The van der Waals surface area contributed by atoms with E-state index in [9.17, 15) is 9.59 Å². The van der Waals surface area contributed by atoms with Crippen LogP contribution >= 0.6 is 15.9 Å². The molecule has 0 spiro atoms. The first-order chi connectivity index (χ1) is 15.1. The SMILES string of the molecule is CCOc1ccccc1NC(=O)COc1c(-c2ccc(Br)o2)oc2ccccc2c1=O. The lowest BCUT2D eigenvalue weighted by atomic mass is 10.2. The van der Waals surface area contributed by atoms with Crippen molar-refractivity contribution in [1.82, 2.24) is 0 Å². The Bertz CT molecular complexity index is 1290. The lowest BCUT2D eigenvalue weighted by Crippen LogP contribution is -2.23. The van der Waals surface area contributed by atoms with Crippen molar-refractivity contribution in [1.29, 1.82) is 0 Å². The van der Waals surface area contributed by atoms with Crippen LogP contribution in [0.4, 0.5) is 5.69 Å². The molecule has 0 saturated heterocycles. The number of ether oxygens (including phenoxy) is 2. The molecule has 4 rings (SSSR count). The van der Waals surface area contributed by atoms with Crippen LogP contribution in [-0.2, 0) is 4.79 Å². The highest BCUT2D eigenvalue weighted by Gasteiger charge is 2.21. The summed E-state index contributed by atoms with van der Waals surface area (Å²) in [7, 11) is 0. The minimum atomic E-state index is -0.453. The molecule has 8 heteroatoms. The van der Waals surface area contributed by atoms with Crippen molar-refractivity contribution in [3.63, 3.8) is 0 Å². The van der Waals surface area contributed by atoms with Crippen molar-refractivity contribution in [2.75, 3.05) is 18.5 Å². The van der Waals surface area contributed by atoms with Gasteiger partial charge < -0.3 is 23.6 Å². The van der Waals surface area contributed by atoms with Crippen LogP contribution in [0.3, 0.4) is 0 Å². The normalized spacial score (nSPS) is 10.8. The maximum atomic E-state index is 13.0. The van der Waals surface area contributed by atoms with E-state index in [1.54, 1.807) is 54.6 Å². The number of anilines is 1. The highest BCUT2D eigenvalue weighted by Crippen LogP contribution is 2.33. The third kappa shape index (κ3) is 4.49. The molecule has 7 nitrogen and oxygen atoms in total. The topological polar surface area (TPSA) is 90.9 Å². The van der Waals surface area contributed by atoms with Gasteiger partial charge in [0.2, 0.25) is 16.9 Å². The van der Waals surface area contributed by atoms with E-state index in [0.29, 0.717) is 39.4 Å². The molecular weight excluding hydrogens is 466 g/mol. The summed E-state index contributed by atoms with van der Waals surface area (Å²) in [5, 5.41) is 3.07. The van der Waals surface area contributed by atoms with Crippen LogP contribution < -0.4 is 20.2 Å².